The summed E-state index contributed by atoms with van der Waals surface area (Å²) in [6.07, 6.45) is 4.32. The van der Waals surface area contributed by atoms with Crippen LogP contribution in [0.15, 0.2) is 71.8 Å². The summed E-state index contributed by atoms with van der Waals surface area (Å²) >= 11 is 0. The lowest BCUT2D eigenvalue weighted by Crippen LogP contribution is -2.34. The van der Waals surface area contributed by atoms with Gasteiger partial charge in [-0.1, -0.05) is 25.1 Å². The Morgan fingerprint density at radius 2 is 1.84 bits per heavy atom. The molecule has 0 bridgehead atoms. The number of carbonyl (C=O) groups excluding carboxylic acids is 1. The third-order valence-corrected chi connectivity index (χ3v) is 9.72. The second kappa shape index (κ2) is 13.7. The first-order valence-corrected chi connectivity index (χ1v) is 16.2. The van der Waals surface area contributed by atoms with Crippen LogP contribution in [-0.2, 0) is 14.6 Å². The summed E-state index contributed by atoms with van der Waals surface area (Å²) in [4.78, 5) is 19.6. The minimum absolute atomic E-state index is 0.0111. The summed E-state index contributed by atoms with van der Waals surface area (Å²) in [5.41, 5.74) is 2.85. The van der Waals surface area contributed by atoms with Gasteiger partial charge in [0.15, 0.2) is 9.84 Å². The van der Waals surface area contributed by atoms with Gasteiger partial charge in [0, 0.05) is 29.9 Å². The normalized spacial score (nSPS) is 19.0. The molecule has 2 aliphatic rings. The smallest absolute Gasteiger partial charge is 0.345 e. The Morgan fingerprint density at radius 3 is 2.43 bits per heavy atom. The van der Waals surface area contributed by atoms with Crippen molar-refractivity contribution in [2.24, 2.45) is 0 Å². The zero-order chi connectivity index (χ0) is 31.3. The Kier molecular flexibility index (Phi) is 9.76. The molecule has 1 saturated carbocycles. The highest BCUT2D eigenvalue weighted by atomic mass is 32.2. The van der Waals surface area contributed by atoms with Gasteiger partial charge in [-0.05, 0) is 66.3 Å². The van der Waals surface area contributed by atoms with E-state index in [1.807, 2.05) is 23.2 Å². The SMILES string of the molecule is CCS(=O)(=O)c1ccc([C@H](CC#N)NC(=O)c2ccc(N3CC(Oc4ccc(C5CC5)cn4)C[C@H]3COC(F)F)cc2)cc1. The number of nitrogens with zero attached hydrogens (tertiary/aromatic N) is 3. The lowest BCUT2D eigenvalue weighted by molar-refractivity contribution is -0.131. The first-order chi connectivity index (χ1) is 21.2. The van der Waals surface area contributed by atoms with Crippen LogP contribution in [0.4, 0.5) is 14.5 Å². The van der Waals surface area contributed by atoms with Gasteiger partial charge in [0.2, 0.25) is 5.88 Å². The van der Waals surface area contributed by atoms with Crippen molar-refractivity contribution in [3.63, 3.8) is 0 Å². The van der Waals surface area contributed by atoms with E-state index in [1.165, 1.54) is 30.5 Å². The van der Waals surface area contributed by atoms with E-state index in [1.54, 1.807) is 43.3 Å². The molecule has 3 aromatic rings. The minimum atomic E-state index is -3.38. The minimum Gasteiger partial charge on any atom is -0.472 e. The van der Waals surface area contributed by atoms with E-state index in [0.717, 1.165) is 0 Å². The van der Waals surface area contributed by atoms with Crippen molar-refractivity contribution in [1.29, 1.82) is 5.26 Å². The van der Waals surface area contributed by atoms with Crippen LogP contribution in [0.25, 0.3) is 0 Å². The van der Waals surface area contributed by atoms with E-state index in [-0.39, 0.29) is 35.8 Å². The maximum absolute atomic E-state index is 13.1. The number of alkyl halides is 2. The average Bonchev–Trinajstić information content (AvgIpc) is 3.80. The van der Waals surface area contributed by atoms with Crippen LogP contribution < -0.4 is 15.0 Å². The predicted molar refractivity (Wildman–Crippen MR) is 159 cm³/mol. The van der Waals surface area contributed by atoms with Gasteiger partial charge < -0.3 is 19.7 Å². The van der Waals surface area contributed by atoms with Crippen LogP contribution in [-0.4, -0.2) is 57.0 Å². The Balaban J connectivity index is 1.25. The molecular formula is C32H34F2N4O5S. The first-order valence-electron chi connectivity index (χ1n) is 14.6. The molecular weight excluding hydrogens is 590 g/mol. The summed E-state index contributed by atoms with van der Waals surface area (Å²) in [7, 11) is -3.38. The number of aromatic nitrogens is 1. The summed E-state index contributed by atoms with van der Waals surface area (Å²) in [5, 5.41) is 12.2. The van der Waals surface area contributed by atoms with Crippen LogP contribution in [0.5, 0.6) is 5.88 Å². The van der Waals surface area contributed by atoms with E-state index >= 15 is 0 Å². The monoisotopic (exact) mass is 624 g/mol. The van der Waals surface area contributed by atoms with Gasteiger partial charge in [0.25, 0.3) is 5.91 Å². The van der Waals surface area contributed by atoms with E-state index in [0.29, 0.717) is 41.6 Å². The molecule has 1 amide bonds. The first kappa shape index (κ1) is 31.3. The molecule has 9 nitrogen and oxygen atoms in total. The maximum atomic E-state index is 13.1. The van der Waals surface area contributed by atoms with Crippen molar-refractivity contribution in [3.05, 3.63) is 83.6 Å². The van der Waals surface area contributed by atoms with Gasteiger partial charge in [0.1, 0.15) is 6.10 Å². The average molecular weight is 625 g/mol. The Morgan fingerprint density at radius 1 is 1.11 bits per heavy atom. The van der Waals surface area contributed by atoms with Crippen LogP contribution >= 0.6 is 0 Å². The molecule has 44 heavy (non-hydrogen) atoms. The predicted octanol–water partition coefficient (Wildman–Crippen LogP) is 5.40. The molecule has 0 spiro atoms. The number of hydrogen-bond donors (Lipinski definition) is 1. The molecule has 232 valence electrons. The third kappa shape index (κ3) is 7.70. The van der Waals surface area contributed by atoms with Crippen LogP contribution in [0.3, 0.4) is 0 Å². The number of carbonyl (C=O) groups is 1. The van der Waals surface area contributed by atoms with E-state index in [2.05, 4.69) is 21.1 Å². The highest BCUT2D eigenvalue weighted by Gasteiger charge is 2.35. The largest absolute Gasteiger partial charge is 0.472 e. The van der Waals surface area contributed by atoms with Gasteiger partial charge >= 0.3 is 6.61 Å². The third-order valence-electron chi connectivity index (χ3n) is 7.97. The molecule has 0 radical (unpaired) electrons. The number of sulfone groups is 1. The van der Waals surface area contributed by atoms with Gasteiger partial charge in [-0.3, -0.25) is 4.79 Å². The zero-order valence-electron chi connectivity index (χ0n) is 24.2. The number of hydrogen-bond acceptors (Lipinski definition) is 8. The number of nitriles is 1. The molecule has 1 N–H and O–H groups in total. The maximum Gasteiger partial charge on any atom is 0.345 e. The molecule has 2 heterocycles. The van der Waals surface area contributed by atoms with Crippen molar-refractivity contribution in [2.45, 2.75) is 68.2 Å². The summed E-state index contributed by atoms with van der Waals surface area (Å²) in [6, 6.07) is 17.8. The van der Waals surface area contributed by atoms with E-state index in [9.17, 15) is 27.3 Å². The fourth-order valence-electron chi connectivity index (χ4n) is 5.37. The lowest BCUT2D eigenvalue weighted by atomic mass is 10.0. The fourth-order valence-corrected chi connectivity index (χ4v) is 6.26. The zero-order valence-corrected chi connectivity index (χ0v) is 25.1. The molecule has 1 unspecified atom stereocenters. The quantitative estimate of drug-likeness (QED) is 0.268. The summed E-state index contributed by atoms with van der Waals surface area (Å²) in [5.74, 6) is 0.616. The fraction of sp³-hybridized carbons (Fsp3) is 0.406. The molecule has 2 aromatic carbocycles. The molecule has 2 fully saturated rings. The second-order valence-corrected chi connectivity index (χ2v) is 13.3. The Labute approximate surface area is 255 Å². The van der Waals surface area contributed by atoms with Gasteiger partial charge in [-0.25, -0.2) is 13.4 Å². The molecule has 1 saturated heterocycles. The number of benzene rings is 2. The van der Waals surface area contributed by atoms with Crippen molar-refractivity contribution in [2.75, 3.05) is 23.8 Å². The number of halogens is 2. The van der Waals surface area contributed by atoms with Crippen molar-refractivity contribution in [1.82, 2.24) is 10.3 Å². The van der Waals surface area contributed by atoms with Crippen molar-refractivity contribution < 1.29 is 31.5 Å². The molecule has 1 aliphatic heterocycles. The topological polar surface area (TPSA) is 122 Å². The van der Waals surface area contributed by atoms with Crippen LogP contribution in [0.2, 0.25) is 0 Å². The number of pyridine rings is 1. The van der Waals surface area contributed by atoms with Gasteiger partial charge in [-0.2, -0.15) is 14.0 Å². The number of rotatable bonds is 13. The highest BCUT2D eigenvalue weighted by Crippen LogP contribution is 2.40. The van der Waals surface area contributed by atoms with Gasteiger partial charge in [0.05, 0.1) is 48.4 Å². The van der Waals surface area contributed by atoms with Crippen LogP contribution in [0.1, 0.15) is 66.1 Å². The Bertz CT molecular complexity index is 1570. The van der Waals surface area contributed by atoms with Crippen LogP contribution in [0, 0.1) is 11.3 Å². The molecule has 1 aromatic heterocycles. The second-order valence-electron chi connectivity index (χ2n) is 11.0. The molecule has 12 heteroatoms. The summed E-state index contributed by atoms with van der Waals surface area (Å²) < 4.78 is 60.9. The lowest BCUT2D eigenvalue weighted by Gasteiger charge is -2.26. The Hall–Kier alpha value is -4.08. The molecule has 5 rings (SSSR count). The van der Waals surface area contributed by atoms with E-state index < -0.39 is 28.4 Å². The number of nitrogens with one attached hydrogen (secondary N) is 1. The molecule has 1 aliphatic carbocycles. The van der Waals surface area contributed by atoms with Crippen molar-refractivity contribution in [3.8, 4) is 11.9 Å². The summed E-state index contributed by atoms with van der Waals surface area (Å²) in [6.45, 7) is -1.11. The van der Waals surface area contributed by atoms with Gasteiger partial charge in [-0.15, -0.1) is 0 Å². The number of amides is 1. The standard InChI is InChI=1S/C32H34F2N4O5S/c1-2-44(40,41)28-12-7-22(8-13-28)29(15-16-35)37-31(39)23-5-10-25(11-6-23)38-19-27(17-26(38)20-42-32(33)34)43-30-14-9-24(18-36-30)21-3-4-21/h5-14,18,21,26-27,29,32H,2-4,15,17,19-20H2,1H3,(H,37,39)/t26-,27?,29-/m0/s1. The molecule has 3 atom stereocenters. The van der Waals surface area contributed by atoms with Crippen molar-refractivity contribution >= 4 is 21.4 Å². The highest BCUT2D eigenvalue weighted by molar-refractivity contribution is 7.91. The number of anilines is 1. The van der Waals surface area contributed by atoms with E-state index in [4.69, 9.17) is 4.74 Å². The number of ether oxygens (including phenoxy) is 2.